The number of aliphatic hydroxyl groups excluding tert-OH is 1. The highest BCUT2D eigenvalue weighted by molar-refractivity contribution is 5.72. The van der Waals surface area contributed by atoms with E-state index in [1.54, 1.807) is 4.90 Å². The number of nitrogens with two attached hydrogens (primary N) is 1. The summed E-state index contributed by atoms with van der Waals surface area (Å²) in [5.74, 6) is 0. The van der Waals surface area contributed by atoms with E-state index in [-0.39, 0.29) is 18.7 Å². The smallest absolute Gasteiger partial charge is 0.315 e. The molecule has 5 heteroatoms. The third-order valence-electron chi connectivity index (χ3n) is 2.21. The van der Waals surface area contributed by atoms with Crippen LogP contribution >= 0.6 is 0 Å². The molecule has 13 heavy (non-hydrogen) atoms. The van der Waals surface area contributed by atoms with Crippen molar-refractivity contribution in [3.8, 4) is 0 Å². The van der Waals surface area contributed by atoms with Gasteiger partial charge in [-0.2, -0.15) is 0 Å². The Morgan fingerprint density at radius 2 is 2.46 bits per heavy atom. The number of urea groups is 1. The number of hydrogen-bond acceptors (Lipinski definition) is 3. The van der Waals surface area contributed by atoms with Crippen LogP contribution in [-0.2, 0) is 4.74 Å². The second kappa shape index (κ2) is 5.04. The van der Waals surface area contributed by atoms with Crippen molar-refractivity contribution in [2.75, 3.05) is 26.4 Å². The predicted molar refractivity (Wildman–Crippen MR) is 47.2 cm³/mol. The van der Waals surface area contributed by atoms with Gasteiger partial charge in [0.1, 0.15) is 0 Å². The Morgan fingerprint density at radius 3 is 3.08 bits per heavy atom. The molecule has 0 aromatic rings. The zero-order valence-corrected chi connectivity index (χ0v) is 7.61. The lowest BCUT2D eigenvalue weighted by atomic mass is 10.2. The second-order valence-corrected chi connectivity index (χ2v) is 3.13. The largest absolute Gasteiger partial charge is 0.394 e. The molecule has 1 aliphatic heterocycles. The first-order chi connectivity index (χ1) is 6.25. The summed E-state index contributed by atoms with van der Waals surface area (Å²) in [4.78, 5) is 12.5. The Balaban J connectivity index is 2.27. The fourth-order valence-corrected chi connectivity index (χ4v) is 1.58. The van der Waals surface area contributed by atoms with Crippen LogP contribution in [0.1, 0.15) is 12.8 Å². The van der Waals surface area contributed by atoms with Gasteiger partial charge in [0.25, 0.3) is 0 Å². The summed E-state index contributed by atoms with van der Waals surface area (Å²) in [6.07, 6.45) is 1.92. The number of hydrogen-bond donors (Lipinski definition) is 2. The second-order valence-electron chi connectivity index (χ2n) is 3.13. The molecule has 0 saturated carbocycles. The fourth-order valence-electron chi connectivity index (χ4n) is 1.58. The van der Waals surface area contributed by atoms with Gasteiger partial charge in [0.2, 0.25) is 0 Å². The van der Waals surface area contributed by atoms with Gasteiger partial charge in [0.05, 0.1) is 25.9 Å². The Hall–Kier alpha value is -0.810. The van der Waals surface area contributed by atoms with E-state index in [2.05, 4.69) is 0 Å². The van der Waals surface area contributed by atoms with Gasteiger partial charge in [-0.1, -0.05) is 0 Å². The van der Waals surface area contributed by atoms with Crippen LogP contribution < -0.4 is 5.73 Å². The Morgan fingerprint density at radius 1 is 1.69 bits per heavy atom. The molecule has 1 fully saturated rings. The molecule has 0 aliphatic carbocycles. The van der Waals surface area contributed by atoms with Crippen LogP contribution in [0.2, 0.25) is 0 Å². The third kappa shape index (κ3) is 2.86. The molecule has 0 spiro atoms. The molecule has 1 saturated heterocycles. The maximum Gasteiger partial charge on any atom is 0.315 e. The maximum absolute atomic E-state index is 10.9. The van der Waals surface area contributed by atoms with Crippen molar-refractivity contribution in [2.24, 2.45) is 5.73 Å². The van der Waals surface area contributed by atoms with Gasteiger partial charge in [0, 0.05) is 6.54 Å². The van der Waals surface area contributed by atoms with E-state index in [0.717, 1.165) is 19.4 Å². The van der Waals surface area contributed by atoms with Crippen molar-refractivity contribution < 1.29 is 14.6 Å². The average molecular weight is 188 g/mol. The van der Waals surface area contributed by atoms with Crippen molar-refractivity contribution in [2.45, 2.75) is 18.9 Å². The van der Waals surface area contributed by atoms with Crippen LogP contribution in [0.3, 0.4) is 0 Å². The van der Waals surface area contributed by atoms with Crippen molar-refractivity contribution >= 4 is 6.03 Å². The highest BCUT2D eigenvalue weighted by atomic mass is 16.5. The van der Waals surface area contributed by atoms with E-state index in [1.807, 2.05) is 0 Å². The Bertz CT molecular complexity index is 175. The van der Waals surface area contributed by atoms with Crippen molar-refractivity contribution in [3.63, 3.8) is 0 Å². The molecule has 1 heterocycles. The Kier molecular flexibility index (Phi) is 3.98. The lowest BCUT2D eigenvalue weighted by Gasteiger charge is -2.22. The average Bonchev–Trinajstić information content (AvgIpc) is 2.53. The zero-order chi connectivity index (χ0) is 9.68. The van der Waals surface area contributed by atoms with Gasteiger partial charge in [-0.25, -0.2) is 4.79 Å². The summed E-state index contributed by atoms with van der Waals surface area (Å²) in [5, 5.41) is 8.49. The van der Waals surface area contributed by atoms with Gasteiger partial charge < -0.3 is 20.5 Å². The summed E-state index contributed by atoms with van der Waals surface area (Å²) in [6, 6.07) is -0.279. The lowest BCUT2D eigenvalue weighted by molar-refractivity contribution is 0.0614. The quantitative estimate of drug-likeness (QED) is 0.586. The normalized spacial score (nSPS) is 22.2. The summed E-state index contributed by atoms with van der Waals surface area (Å²) in [5.41, 5.74) is 5.17. The highest BCUT2D eigenvalue weighted by Crippen LogP contribution is 2.16. The summed E-state index contributed by atoms with van der Waals surface area (Å²) < 4.78 is 5.15. The predicted octanol–water partition coefficient (Wildman–Crippen LogP) is -0.462. The standard InChI is InChI=1S/C8H16N2O3/c9-8(12)10-3-1-2-7(10)6-13-5-4-11/h7,11H,1-6H2,(H2,9,12). The number of carbonyl (C=O) groups excluding carboxylic acids is 1. The number of ether oxygens (including phenoxy) is 1. The van der Waals surface area contributed by atoms with E-state index >= 15 is 0 Å². The zero-order valence-electron chi connectivity index (χ0n) is 7.61. The summed E-state index contributed by atoms with van der Waals surface area (Å²) in [7, 11) is 0. The molecule has 0 radical (unpaired) electrons. The first-order valence-corrected chi connectivity index (χ1v) is 4.50. The van der Waals surface area contributed by atoms with E-state index in [4.69, 9.17) is 15.6 Å². The minimum absolute atomic E-state index is 0.0172. The van der Waals surface area contributed by atoms with E-state index < -0.39 is 0 Å². The number of likely N-dealkylation sites (tertiary alicyclic amines) is 1. The van der Waals surface area contributed by atoms with Gasteiger partial charge in [-0.05, 0) is 12.8 Å². The molecule has 76 valence electrons. The van der Waals surface area contributed by atoms with Crippen LogP contribution in [0, 0.1) is 0 Å². The molecule has 0 aromatic heterocycles. The van der Waals surface area contributed by atoms with Crippen LogP contribution in [-0.4, -0.2) is 48.4 Å². The molecule has 2 amide bonds. The fraction of sp³-hybridized carbons (Fsp3) is 0.875. The van der Waals surface area contributed by atoms with Crippen LogP contribution in [0.4, 0.5) is 4.79 Å². The van der Waals surface area contributed by atoms with Gasteiger partial charge in [0.15, 0.2) is 0 Å². The van der Waals surface area contributed by atoms with Gasteiger partial charge in [-0.15, -0.1) is 0 Å². The van der Waals surface area contributed by atoms with E-state index in [9.17, 15) is 4.79 Å². The van der Waals surface area contributed by atoms with Crippen molar-refractivity contribution in [3.05, 3.63) is 0 Å². The molecule has 0 aromatic carbocycles. The topological polar surface area (TPSA) is 75.8 Å². The molecular formula is C8H16N2O3. The number of primary amides is 1. The number of rotatable bonds is 4. The molecule has 0 bridgehead atoms. The molecule has 1 atom stereocenters. The number of nitrogens with zero attached hydrogens (tertiary/aromatic N) is 1. The Labute approximate surface area is 77.5 Å². The highest BCUT2D eigenvalue weighted by Gasteiger charge is 2.26. The van der Waals surface area contributed by atoms with E-state index in [0.29, 0.717) is 13.2 Å². The monoisotopic (exact) mass is 188 g/mol. The number of aliphatic hydroxyl groups is 1. The van der Waals surface area contributed by atoms with Gasteiger partial charge in [-0.3, -0.25) is 0 Å². The third-order valence-corrected chi connectivity index (χ3v) is 2.21. The molecule has 3 N–H and O–H groups in total. The minimum Gasteiger partial charge on any atom is -0.394 e. The minimum atomic E-state index is -0.380. The summed E-state index contributed by atoms with van der Waals surface area (Å²) in [6.45, 7) is 1.54. The number of amides is 2. The van der Waals surface area contributed by atoms with Crippen molar-refractivity contribution in [1.29, 1.82) is 0 Å². The maximum atomic E-state index is 10.9. The molecule has 5 nitrogen and oxygen atoms in total. The first-order valence-electron chi connectivity index (χ1n) is 4.50. The molecule has 1 aliphatic rings. The van der Waals surface area contributed by atoms with Crippen molar-refractivity contribution in [1.82, 2.24) is 4.90 Å². The van der Waals surface area contributed by atoms with Crippen LogP contribution in [0.5, 0.6) is 0 Å². The van der Waals surface area contributed by atoms with Crippen LogP contribution in [0.15, 0.2) is 0 Å². The molecular weight excluding hydrogens is 172 g/mol. The van der Waals surface area contributed by atoms with Gasteiger partial charge >= 0.3 is 6.03 Å². The SMILES string of the molecule is NC(=O)N1CCCC1COCCO. The molecule has 1 unspecified atom stereocenters. The lowest BCUT2D eigenvalue weighted by Crippen LogP contribution is -2.41. The van der Waals surface area contributed by atoms with Crippen LogP contribution in [0.25, 0.3) is 0 Å². The first kappa shape index (κ1) is 10.3. The number of carbonyl (C=O) groups is 1. The summed E-state index contributed by atoms with van der Waals surface area (Å²) >= 11 is 0. The van der Waals surface area contributed by atoms with E-state index in [1.165, 1.54) is 0 Å². The molecule has 1 rings (SSSR count).